The Bertz CT molecular complexity index is 875. The number of phenolic OH excluding ortho intramolecular Hbond substituents is 2. The lowest BCUT2D eigenvalue weighted by Crippen LogP contribution is -2.04. The van der Waals surface area contributed by atoms with Crippen molar-refractivity contribution in [2.75, 3.05) is 0 Å². The van der Waals surface area contributed by atoms with E-state index in [1.165, 1.54) is 6.07 Å². The molecule has 2 aromatic carbocycles. The fourth-order valence-electron chi connectivity index (χ4n) is 3.17. The molecule has 3 rings (SSSR count). The number of benzene rings is 2. The lowest BCUT2D eigenvalue weighted by molar-refractivity contribution is 0.0985. The van der Waals surface area contributed by atoms with E-state index in [1.54, 1.807) is 6.07 Å². The average molecular weight is 352 g/mol. The topological polar surface area (TPSA) is 70.7 Å². The van der Waals surface area contributed by atoms with Crippen molar-refractivity contribution in [2.24, 2.45) is 0 Å². The predicted octanol–water partition coefficient (Wildman–Crippen LogP) is 5.39. The van der Waals surface area contributed by atoms with Crippen molar-refractivity contribution in [1.82, 2.24) is 0 Å². The first-order valence-corrected chi connectivity index (χ1v) is 9.14. The van der Waals surface area contributed by atoms with Crippen LogP contribution in [-0.2, 0) is 12.8 Å². The highest BCUT2D eigenvalue weighted by atomic mass is 16.3. The summed E-state index contributed by atoms with van der Waals surface area (Å²) >= 11 is 0. The molecule has 26 heavy (non-hydrogen) atoms. The molecule has 4 heteroatoms. The molecule has 0 bridgehead atoms. The van der Waals surface area contributed by atoms with Gasteiger partial charge in [-0.25, -0.2) is 0 Å². The van der Waals surface area contributed by atoms with E-state index in [9.17, 15) is 15.0 Å². The number of unbranched alkanes of at least 4 members (excludes halogenated alkanes) is 3. The smallest absolute Gasteiger partial charge is 0.174 e. The normalized spacial score (nSPS) is 11.1. The van der Waals surface area contributed by atoms with E-state index in [-0.39, 0.29) is 29.3 Å². The number of ketones is 1. The van der Waals surface area contributed by atoms with Gasteiger partial charge in [0.2, 0.25) is 0 Å². The number of aromatic hydroxyl groups is 2. The predicted molar refractivity (Wildman–Crippen MR) is 102 cm³/mol. The van der Waals surface area contributed by atoms with E-state index in [2.05, 4.69) is 6.92 Å². The van der Waals surface area contributed by atoms with Gasteiger partial charge < -0.3 is 14.6 Å². The molecule has 4 nitrogen and oxygen atoms in total. The summed E-state index contributed by atoms with van der Waals surface area (Å²) < 4.78 is 5.69. The summed E-state index contributed by atoms with van der Waals surface area (Å²) in [5.41, 5.74) is 1.67. The quantitative estimate of drug-likeness (QED) is 0.421. The van der Waals surface area contributed by atoms with Gasteiger partial charge in [0.05, 0.1) is 12.0 Å². The van der Waals surface area contributed by atoms with Crippen LogP contribution in [0.4, 0.5) is 0 Å². The van der Waals surface area contributed by atoms with Crippen molar-refractivity contribution < 1.29 is 19.4 Å². The first-order chi connectivity index (χ1) is 12.6. The molecule has 0 atom stereocenters. The minimum Gasteiger partial charge on any atom is -0.508 e. The Morgan fingerprint density at radius 1 is 1.00 bits per heavy atom. The average Bonchev–Trinajstić information content (AvgIpc) is 3.02. The van der Waals surface area contributed by atoms with Gasteiger partial charge in [0.15, 0.2) is 5.78 Å². The van der Waals surface area contributed by atoms with E-state index in [0.717, 1.165) is 36.7 Å². The number of phenols is 2. The van der Waals surface area contributed by atoms with E-state index in [0.29, 0.717) is 17.7 Å². The number of Topliss-reactive ketones (excluding diaryl/α,β-unsaturated/α-hetero) is 1. The molecule has 0 spiro atoms. The minimum atomic E-state index is -0.226. The fourth-order valence-corrected chi connectivity index (χ4v) is 3.17. The SMILES string of the molecule is CCCCCCc1cc(C(=O)Cc2cc3ccccc3o2)c(O)cc1O. The van der Waals surface area contributed by atoms with Crippen molar-refractivity contribution in [3.8, 4) is 11.5 Å². The highest BCUT2D eigenvalue weighted by Gasteiger charge is 2.17. The number of hydrogen-bond donors (Lipinski definition) is 2. The molecule has 0 aliphatic rings. The van der Waals surface area contributed by atoms with Gasteiger partial charge in [0.1, 0.15) is 22.8 Å². The minimum absolute atomic E-state index is 0.0410. The van der Waals surface area contributed by atoms with E-state index >= 15 is 0 Å². The summed E-state index contributed by atoms with van der Waals surface area (Å²) in [6.07, 6.45) is 5.08. The van der Waals surface area contributed by atoms with Crippen molar-refractivity contribution in [3.63, 3.8) is 0 Å². The van der Waals surface area contributed by atoms with Crippen LogP contribution in [0.15, 0.2) is 46.9 Å². The zero-order valence-electron chi connectivity index (χ0n) is 15.0. The van der Waals surface area contributed by atoms with Crippen LogP contribution in [0.1, 0.15) is 54.3 Å². The molecule has 2 N–H and O–H groups in total. The van der Waals surface area contributed by atoms with Gasteiger partial charge in [-0.3, -0.25) is 4.79 Å². The molecule has 0 aliphatic carbocycles. The molecule has 0 saturated carbocycles. The molecule has 0 aliphatic heterocycles. The van der Waals surface area contributed by atoms with Crippen molar-refractivity contribution >= 4 is 16.8 Å². The highest BCUT2D eigenvalue weighted by Crippen LogP contribution is 2.30. The van der Waals surface area contributed by atoms with Crippen LogP contribution in [0.25, 0.3) is 11.0 Å². The standard InChI is InChI=1S/C22H24O4/c1-2-3-4-5-8-15-12-18(21(25)14-19(15)23)20(24)13-17-11-16-9-6-7-10-22(16)26-17/h6-7,9-12,14,23,25H,2-5,8,13H2,1H3. The van der Waals surface area contributed by atoms with Crippen LogP contribution in [0.2, 0.25) is 0 Å². The third-order valence-corrected chi connectivity index (χ3v) is 4.61. The molecular formula is C22H24O4. The molecular weight excluding hydrogens is 328 g/mol. The number of fused-ring (bicyclic) bond motifs is 1. The number of furan rings is 1. The fraction of sp³-hybridized carbons (Fsp3) is 0.318. The van der Waals surface area contributed by atoms with Gasteiger partial charge in [0, 0.05) is 11.5 Å². The van der Waals surface area contributed by atoms with E-state index < -0.39 is 0 Å². The number of carbonyl (C=O) groups is 1. The van der Waals surface area contributed by atoms with Crippen molar-refractivity contribution in [3.05, 3.63) is 59.4 Å². The van der Waals surface area contributed by atoms with Crippen LogP contribution < -0.4 is 0 Å². The van der Waals surface area contributed by atoms with Gasteiger partial charge >= 0.3 is 0 Å². The van der Waals surface area contributed by atoms with E-state index in [4.69, 9.17) is 4.42 Å². The maximum atomic E-state index is 12.6. The Morgan fingerprint density at radius 3 is 2.58 bits per heavy atom. The largest absolute Gasteiger partial charge is 0.508 e. The Kier molecular flexibility index (Phi) is 5.61. The van der Waals surface area contributed by atoms with Gasteiger partial charge in [-0.15, -0.1) is 0 Å². The molecule has 3 aromatic rings. The molecule has 0 radical (unpaired) electrons. The maximum absolute atomic E-state index is 12.6. The molecule has 1 aromatic heterocycles. The lowest BCUT2D eigenvalue weighted by Gasteiger charge is -2.09. The molecule has 0 saturated heterocycles. The highest BCUT2D eigenvalue weighted by molar-refractivity contribution is 6.00. The molecule has 136 valence electrons. The Hall–Kier alpha value is -2.75. The lowest BCUT2D eigenvalue weighted by atomic mass is 9.98. The summed E-state index contributed by atoms with van der Waals surface area (Å²) in [5.74, 6) is 0.185. The van der Waals surface area contributed by atoms with Gasteiger partial charge in [-0.1, -0.05) is 44.4 Å². The Balaban J connectivity index is 1.77. The molecule has 1 heterocycles. The maximum Gasteiger partial charge on any atom is 0.174 e. The van der Waals surface area contributed by atoms with Crippen LogP contribution >= 0.6 is 0 Å². The number of carbonyl (C=O) groups excluding carboxylic acids is 1. The third-order valence-electron chi connectivity index (χ3n) is 4.61. The first-order valence-electron chi connectivity index (χ1n) is 9.14. The zero-order valence-corrected chi connectivity index (χ0v) is 15.0. The van der Waals surface area contributed by atoms with Crippen LogP contribution in [0.3, 0.4) is 0 Å². The number of rotatable bonds is 8. The summed E-state index contributed by atoms with van der Waals surface area (Å²) in [5, 5.41) is 21.1. The van der Waals surface area contributed by atoms with Gasteiger partial charge in [0.25, 0.3) is 0 Å². The molecule has 0 fully saturated rings. The van der Waals surface area contributed by atoms with Crippen LogP contribution in [0.5, 0.6) is 11.5 Å². The van der Waals surface area contributed by atoms with E-state index in [1.807, 2.05) is 30.3 Å². The summed E-state index contributed by atoms with van der Waals surface area (Å²) in [6.45, 7) is 2.15. The zero-order chi connectivity index (χ0) is 18.5. The molecule has 0 unspecified atom stereocenters. The second-order valence-electron chi connectivity index (χ2n) is 6.66. The third kappa shape index (κ3) is 4.07. The van der Waals surface area contributed by atoms with Crippen molar-refractivity contribution in [2.45, 2.75) is 45.4 Å². The second kappa shape index (κ2) is 8.09. The number of para-hydroxylation sites is 1. The molecule has 0 amide bonds. The monoisotopic (exact) mass is 352 g/mol. The van der Waals surface area contributed by atoms with Gasteiger partial charge in [-0.2, -0.15) is 0 Å². The van der Waals surface area contributed by atoms with Crippen LogP contribution in [-0.4, -0.2) is 16.0 Å². The number of hydrogen-bond acceptors (Lipinski definition) is 4. The van der Waals surface area contributed by atoms with Crippen molar-refractivity contribution in [1.29, 1.82) is 0 Å². The summed E-state index contributed by atoms with van der Waals surface area (Å²) in [7, 11) is 0. The number of aryl methyl sites for hydroxylation is 1. The van der Waals surface area contributed by atoms with Crippen LogP contribution in [0, 0.1) is 0 Å². The Morgan fingerprint density at radius 2 is 1.81 bits per heavy atom. The summed E-state index contributed by atoms with van der Waals surface area (Å²) in [4.78, 5) is 12.6. The first kappa shape index (κ1) is 18.1. The summed E-state index contributed by atoms with van der Waals surface area (Å²) in [6, 6.07) is 12.3. The van der Waals surface area contributed by atoms with Gasteiger partial charge in [-0.05, 0) is 36.6 Å². The Labute approximate surface area is 153 Å². The second-order valence-corrected chi connectivity index (χ2v) is 6.66.